The van der Waals surface area contributed by atoms with Crippen LogP contribution in [-0.4, -0.2) is 0 Å². The fourth-order valence-corrected chi connectivity index (χ4v) is 1.86. The van der Waals surface area contributed by atoms with Gasteiger partial charge in [0.1, 0.15) is 0 Å². The molecule has 0 saturated carbocycles. The quantitative estimate of drug-likeness (QED) is 0.369. The topological polar surface area (TPSA) is 0 Å². The third kappa shape index (κ3) is 10.3. The van der Waals surface area contributed by atoms with Crippen LogP contribution in [0.1, 0.15) is 80.1 Å². The summed E-state index contributed by atoms with van der Waals surface area (Å²) in [5.41, 5.74) is 0.813. The molecular formula is C16H32. The van der Waals surface area contributed by atoms with Crippen molar-refractivity contribution in [2.45, 2.75) is 80.1 Å². The first-order valence-electron chi connectivity index (χ1n) is 6.94. The van der Waals surface area contributed by atoms with E-state index in [1.54, 1.807) is 0 Å². The highest BCUT2D eigenvalue weighted by atomic mass is 14.2. The normalized spacial score (nSPS) is 13.6. The van der Waals surface area contributed by atoms with Gasteiger partial charge >= 0.3 is 0 Å². The molecule has 0 saturated heterocycles. The maximum Gasteiger partial charge on any atom is -0.0203 e. The molecular weight excluding hydrogens is 192 g/mol. The summed E-state index contributed by atoms with van der Waals surface area (Å²) in [6, 6.07) is 0. The van der Waals surface area contributed by atoms with Gasteiger partial charge in [0.2, 0.25) is 0 Å². The van der Waals surface area contributed by atoms with E-state index in [0.29, 0.717) is 10.8 Å². The second-order valence-electron chi connectivity index (χ2n) is 6.95. The number of hydrogen-bond donors (Lipinski definition) is 0. The Kier molecular flexibility index (Phi) is 7.03. The maximum atomic E-state index is 2.39. The number of unbranched alkanes of at least 4 members (excludes halogenated alkanes) is 3. The Hall–Kier alpha value is -0.260. The third-order valence-corrected chi connectivity index (χ3v) is 3.00. The van der Waals surface area contributed by atoms with Gasteiger partial charge in [-0.05, 0) is 23.7 Å². The molecule has 0 unspecified atom stereocenters. The van der Waals surface area contributed by atoms with Gasteiger partial charge in [-0.15, -0.1) is 0 Å². The van der Waals surface area contributed by atoms with Crippen LogP contribution in [0.5, 0.6) is 0 Å². The lowest BCUT2D eigenvalue weighted by Crippen LogP contribution is -2.10. The van der Waals surface area contributed by atoms with E-state index in [1.807, 2.05) is 0 Å². The summed E-state index contributed by atoms with van der Waals surface area (Å²) in [5, 5.41) is 0. The highest BCUT2D eigenvalue weighted by Crippen LogP contribution is 2.29. The van der Waals surface area contributed by atoms with Crippen LogP contribution in [0.25, 0.3) is 0 Å². The van der Waals surface area contributed by atoms with Gasteiger partial charge in [0.05, 0.1) is 0 Å². The Morgan fingerprint density at radius 3 is 2.00 bits per heavy atom. The Balaban J connectivity index is 3.82. The molecule has 0 heteroatoms. The van der Waals surface area contributed by atoms with Crippen molar-refractivity contribution in [2.24, 2.45) is 10.8 Å². The predicted octanol–water partition coefficient (Wildman–Crippen LogP) is 5.98. The predicted molar refractivity (Wildman–Crippen MR) is 75.8 cm³/mol. The Morgan fingerprint density at radius 2 is 1.50 bits per heavy atom. The molecule has 16 heavy (non-hydrogen) atoms. The monoisotopic (exact) mass is 224 g/mol. The SMILES string of the molecule is CCCCCCC(C)(C)CC=CC(C)(C)C. The zero-order valence-electron chi connectivity index (χ0n) is 12.4. The van der Waals surface area contributed by atoms with Gasteiger partial charge in [-0.2, -0.15) is 0 Å². The number of allylic oxidation sites excluding steroid dienone is 2. The van der Waals surface area contributed by atoms with E-state index in [0.717, 1.165) is 0 Å². The summed E-state index contributed by atoms with van der Waals surface area (Å²) < 4.78 is 0. The minimum absolute atomic E-state index is 0.332. The lowest BCUT2D eigenvalue weighted by Gasteiger charge is -2.23. The Bertz CT molecular complexity index is 191. The van der Waals surface area contributed by atoms with Crippen LogP contribution in [0.2, 0.25) is 0 Å². The van der Waals surface area contributed by atoms with Crippen molar-refractivity contribution in [3.63, 3.8) is 0 Å². The summed E-state index contributed by atoms with van der Waals surface area (Å²) in [6.45, 7) is 13.8. The molecule has 0 rings (SSSR count). The van der Waals surface area contributed by atoms with E-state index in [2.05, 4.69) is 53.7 Å². The van der Waals surface area contributed by atoms with E-state index >= 15 is 0 Å². The lowest BCUT2D eigenvalue weighted by atomic mass is 9.82. The van der Waals surface area contributed by atoms with Gasteiger partial charge in [-0.1, -0.05) is 79.4 Å². The Labute approximate surface area is 104 Å². The van der Waals surface area contributed by atoms with Crippen molar-refractivity contribution in [3.8, 4) is 0 Å². The van der Waals surface area contributed by atoms with Gasteiger partial charge in [0.15, 0.2) is 0 Å². The molecule has 0 aliphatic rings. The molecule has 96 valence electrons. The molecule has 0 N–H and O–H groups in total. The van der Waals surface area contributed by atoms with Crippen LogP contribution in [0.4, 0.5) is 0 Å². The van der Waals surface area contributed by atoms with E-state index in [-0.39, 0.29) is 0 Å². The van der Waals surface area contributed by atoms with Crippen LogP contribution in [0.15, 0.2) is 12.2 Å². The Morgan fingerprint density at radius 1 is 0.875 bits per heavy atom. The van der Waals surface area contributed by atoms with Gasteiger partial charge in [0, 0.05) is 0 Å². The molecule has 0 heterocycles. The molecule has 0 atom stereocenters. The molecule has 0 spiro atoms. The van der Waals surface area contributed by atoms with Gasteiger partial charge in [-0.3, -0.25) is 0 Å². The molecule has 0 fully saturated rings. The van der Waals surface area contributed by atoms with Crippen molar-refractivity contribution >= 4 is 0 Å². The van der Waals surface area contributed by atoms with Crippen LogP contribution < -0.4 is 0 Å². The van der Waals surface area contributed by atoms with Crippen LogP contribution >= 0.6 is 0 Å². The van der Waals surface area contributed by atoms with Crippen molar-refractivity contribution in [1.82, 2.24) is 0 Å². The van der Waals surface area contributed by atoms with Gasteiger partial charge < -0.3 is 0 Å². The van der Waals surface area contributed by atoms with Gasteiger partial charge in [-0.25, -0.2) is 0 Å². The minimum Gasteiger partial charge on any atom is -0.0875 e. The first-order valence-corrected chi connectivity index (χ1v) is 6.94. The highest BCUT2D eigenvalue weighted by Gasteiger charge is 2.15. The van der Waals surface area contributed by atoms with Crippen LogP contribution in [0, 0.1) is 10.8 Å². The van der Waals surface area contributed by atoms with Crippen molar-refractivity contribution in [3.05, 3.63) is 12.2 Å². The summed E-state index contributed by atoms with van der Waals surface area (Å²) in [5.74, 6) is 0. The second kappa shape index (κ2) is 7.14. The van der Waals surface area contributed by atoms with E-state index in [4.69, 9.17) is 0 Å². The molecule has 0 bridgehead atoms. The van der Waals surface area contributed by atoms with Gasteiger partial charge in [0.25, 0.3) is 0 Å². The molecule has 0 aliphatic heterocycles. The summed E-state index contributed by atoms with van der Waals surface area (Å²) >= 11 is 0. The first-order chi connectivity index (χ1) is 7.27. The molecule has 0 radical (unpaired) electrons. The molecule has 0 aliphatic carbocycles. The smallest absolute Gasteiger partial charge is 0.0203 e. The fraction of sp³-hybridized carbons (Fsp3) is 0.875. The lowest BCUT2D eigenvalue weighted by molar-refractivity contribution is 0.322. The minimum atomic E-state index is 0.332. The summed E-state index contributed by atoms with van der Waals surface area (Å²) in [6.07, 6.45) is 12.8. The largest absolute Gasteiger partial charge is 0.0875 e. The highest BCUT2D eigenvalue weighted by molar-refractivity contribution is 4.94. The van der Waals surface area contributed by atoms with E-state index in [1.165, 1.54) is 38.5 Å². The van der Waals surface area contributed by atoms with Crippen molar-refractivity contribution < 1.29 is 0 Å². The third-order valence-electron chi connectivity index (χ3n) is 3.00. The summed E-state index contributed by atoms with van der Waals surface area (Å²) in [4.78, 5) is 0. The molecule has 0 nitrogen and oxygen atoms in total. The second-order valence-corrected chi connectivity index (χ2v) is 6.95. The number of rotatable bonds is 7. The van der Waals surface area contributed by atoms with Crippen LogP contribution in [-0.2, 0) is 0 Å². The van der Waals surface area contributed by atoms with Crippen molar-refractivity contribution in [1.29, 1.82) is 0 Å². The van der Waals surface area contributed by atoms with Crippen LogP contribution in [0.3, 0.4) is 0 Å². The zero-order chi connectivity index (χ0) is 12.7. The van der Waals surface area contributed by atoms with E-state index in [9.17, 15) is 0 Å². The summed E-state index contributed by atoms with van der Waals surface area (Å²) in [7, 11) is 0. The molecule has 0 aromatic carbocycles. The molecule has 0 aromatic heterocycles. The van der Waals surface area contributed by atoms with Crippen molar-refractivity contribution in [2.75, 3.05) is 0 Å². The average Bonchev–Trinajstić information content (AvgIpc) is 2.10. The molecule has 0 amide bonds. The molecule has 0 aromatic rings. The van der Waals surface area contributed by atoms with E-state index < -0.39 is 0 Å². The standard InChI is InChI=1S/C16H32/c1-7-8-9-10-13-16(5,6)14-11-12-15(2,3)4/h11-12H,7-10,13-14H2,1-6H3. The number of hydrogen-bond acceptors (Lipinski definition) is 0. The average molecular weight is 224 g/mol. The fourth-order valence-electron chi connectivity index (χ4n) is 1.86. The maximum absolute atomic E-state index is 2.39. The first kappa shape index (κ1) is 15.7. The zero-order valence-corrected chi connectivity index (χ0v) is 12.4.